The van der Waals surface area contributed by atoms with Gasteiger partial charge in [0.25, 0.3) is 0 Å². The molecule has 1 aliphatic heterocycles. The van der Waals surface area contributed by atoms with Crippen LogP contribution < -0.4 is 15.5 Å². The maximum atomic E-state index is 12.8. The zero-order valence-electron chi connectivity index (χ0n) is 21.6. The summed E-state index contributed by atoms with van der Waals surface area (Å²) in [5, 5.41) is 14.9. The van der Waals surface area contributed by atoms with Gasteiger partial charge in [-0.15, -0.1) is 0 Å². The molecular weight excluding hydrogens is 462 g/mol. The minimum absolute atomic E-state index is 0.0484. The van der Waals surface area contributed by atoms with Crippen LogP contribution in [0, 0.1) is 17.2 Å². The number of rotatable bonds is 10. The van der Waals surface area contributed by atoms with Gasteiger partial charge in [0.2, 0.25) is 5.91 Å². The van der Waals surface area contributed by atoms with Crippen LogP contribution in [0.4, 0.5) is 5.69 Å². The Labute approximate surface area is 219 Å². The minimum atomic E-state index is -0.697. The van der Waals surface area contributed by atoms with Gasteiger partial charge in [0.05, 0.1) is 11.8 Å². The van der Waals surface area contributed by atoms with Crippen LogP contribution in [0.15, 0.2) is 72.9 Å². The van der Waals surface area contributed by atoms with E-state index in [2.05, 4.69) is 56.9 Å². The summed E-state index contributed by atoms with van der Waals surface area (Å²) in [5.41, 5.74) is 5.16. The molecule has 1 aromatic heterocycles. The van der Waals surface area contributed by atoms with Crippen molar-refractivity contribution in [3.05, 3.63) is 84.2 Å². The van der Waals surface area contributed by atoms with Gasteiger partial charge in [0.1, 0.15) is 18.8 Å². The summed E-state index contributed by atoms with van der Waals surface area (Å²) in [6.45, 7) is 8.12. The van der Waals surface area contributed by atoms with Gasteiger partial charge in [-0.3, -0.25) is 9.78 Å². The number of piperazine rings is 1. The fraction of sp³-hybridized carbons (Fsp3) is 0.367. The van der Waals surface area contributed by atoms with Gasteiger partial charge >= 0.3 is 0 Å². The quantitative estimate of drug-likeness (QED) is 0.406. The lowest BCUT2D eigenvalue weighted by Gasteiger charge is -2.29. The molecule has 0 saturated carbocycles. The highest BCUT2D eigenvalue weighted by Gasteiger charge is 2.27. The number of carbonyl (C=O) groups excluding carboxylic acids is 1. The van der Waals surface area contributed by atoms with E-state index in [1.807, 2.05) is 50.2 Å². The van der Waals surface area contributed by atoms with Crippen LogP contribution in [0.25, 0.3) is 11.1 Å². The van der Waals surface area contributed by atoms with Gasteiger partial charge in [-0.1, -0.05) is 56.3 Å². The standard InChI is InChI=1S/C30H35N5O2/c1-22(2)21-28(30(36)34-16-14-31)37-29(27-5-3-4-15-33-27)25-8-6-23(7-9-25)24-10-12-26(13-11-24)35-19-17-32-18-20-35/h3-13,15,22,28-29,32H,16-21H2,1-2H3,(H,34,36). The van der Waals surface area contributed by atoms with Crippen molar-refractivity contribution in [1.29, 1.82) is 5.26 Å². The Kier molecular flexibility index (Phi) is 9.25. The van der Waals surface area contributed by atoms with Gasteiger partial charge in [-0.05, 0) is 53.3 Å². The lowest BCUT2D eigenvalue weighted by atomic mass is 9.99. The van der Waals surface area contributed by atoms with Crippen LogP contribution in [0.2, 0.25) is 0 Å². The topological polar surface area (TPSA) is 90.3 Å². The number of ether oxygens (including phenoxy) is 1. The molecule has 0 bridgehead atoms. The fourth-order valence-electron chi connectivity index (χ4n) is 4.55. The first kappa shape index (κ1) is 26.3. The molecule has 2 unspecified atom stereocenters. The second kappa shape index (κ2) is 13.0. The average molecular weight is 498 g/mol. The van der Waals surface area contributed by atoms with Crippen LogP contribution in [0.3, 0.4) is 0 Å². The highest BCUT2D eigenvalue weighted by molar-refractivity contribution is 5.81. The highest BCUT2D eigenvalue weighted by atomic mass is 16.5. The number of aromatic nitrogens is 1. The SMILES string of the molecule is CC(C)CC(OC(c1ccc(-c2ccc(N3CCNCC3)cc2)cc1)c1ccccn1)C(=O)NCC#N. The van der Waals surface area contributed by atoms with Crippen LogP contribution in [0.5, 0.6) is 0 Å². The molecule has 0 radical (unpaired) electrons. The van der Waals surface area contributed by atoms with Crippen LogP contribution >= 0.6 is 0 Å². The largest absolute Gasteiger partial charge is 0.369 e. The summed E-state index contributed by atoms with van der Waals surface area (Å²) >= 11 is 0. The molecule has 1 aliphatic rings. The van der Waals surface area contributed by atoms with Gasteiger partial charge in [0.15, 0.2) is 0 Å². The zero-order chi connectivity index (χ0) is 26.0. The van der Waals surface area contributed by atoms with Gasteiger partial charge in [-0.25, -0.2) is 0 Å². The molecule has 0 spiro atoms. The van der Waals surface area contributed by atoms with E-state index in [-0.39, 0.29) is 18.4 Å². The fourth-order valence-corrected chi connectivity index (χ4v) is 4.55. The van der Waals surface area contributed by atoms with Gasteiger partial charge in [0, 0.05) is 38.1 Å². The summed E-state index contributed by atoms with van der Waals surface area (Å²) in [5.74, 6) is -0.0360. The molecule has 1 saturated heterocycles. The lowest BCUT2D eigenvalue weighted by molar-refractivity contribution is -0.136. The Morgan fingerprint density at radius 3 is 2.32 bits per heavy atom. The zero-order valence-corrected chi connectivity index (χ0v) is 21.6. The first-order valence-electron chi connectivity index (χ1n) is 12.9. The smallest absolute Gasteiger partial charge is 0.250 e. The predicted octanol–water partition coefficient (Wildman–Crippen LogP) is 4.32. The van der Waals surface area contributed by atoms with Crippen molar-refractivity contribution in [3.63, 3.8) is 0 Å². The van der Waals surface area contributed by atoms with E-state index < -0.39 is 12.2 Å². The number of benzene rings is 2. The van der Waals surface area contributed by atoms with Crippen molar-refractivity contribution in [2.75, 3.05) is 37.6 Å². The molecule has 7 nitrogen and oxygen atoms in total. The van der Waals surface area contributed by atoms with E-state index in [1.54, 1.807) is 6.20 Å². The van der Waals surface area contributed by atoms with Crippen molar-refractivity contribution in [2.45, 2.75) is 32.5 Å². The van der Waals surface area contributed by atoms with Crippen LogP contribution in [0.1, 0.15) is 37.6 Å². The molecule has 4 rings (SSSR count). The number of nitriles is 1. The lowest BCUT2D eigenvalue weighted by Crippen LogP contribution is -2.43. The van der Waals surface area contributed by atoms with Crippen molar-refractivity contribution in [1.82, 2.24) is 15.6 Å². The first-order valence-corrected chi connectivity index (χ1v) is 12.9. The number of anilines is 1. The molecule has 37 heavy (non-hydrogen) atoms. The predicted molar refractivity (Wildman–Crippen MR) is 146 cm³/mol. The Hall–Kier alpha value is -3.73. The third-order valence-corrected chi connectivity index (χ3v) is 6.47. The molecular formula is C30H35N5O2. The molecule has 192 valence electrons. The van der Waals surface area contributed by atoms with Crippen LogP contribution in [-0.2, 0) is 9.53 Å². The normalized spacial score (nSPS) is 15.1. The van der Waals surface area contributed by atoms with E-state index in [0.29, 0.717) is 6.42 Å². The maximum absolute atomic E-state index is 12.8. The number of amides is 1. The molecule has 1 fully saturated rings. The monoisotopic (exact) mass is 497 g/mol. The Balaban J connectivity index is 1.56. The number of pyridine rings is 1. The van der Waals surface area contributed by atoms with E-state index >= 15 is 0 Å². The number of nitrogens with zero attached hydrogens (tertiary/aromatic N) is 3. The first-order chi connectivity index (χ1) is 18.0. The van der Waals surface area contributed by atoms with Crippen molar-refractivity contribution in [3.8, 4) is 17.2 Å². The number of hydrogen-bond acceptors (Lipinski definition) is 6. The van der Waals surface area contributed by atoms with E-state index in [9.17, 15) is 4.79 Å². The van der Waals surface area contributed by atoms with Crippen molar-refractivity contribution >= 4 is 11.6 Å². The Bertz CT molecular complexity index is 1170. The number of nitrogens with one attached hydrogen (secondary N) is 2. The molecule has 2 heterocycles. The second-order valence-corrected chi connectivity index (χ2v) is 9.67. The van der Waals surface area contributed by atoms with E-state index in [4.69, 9.17) is 10.00 Å². The summed E-state index contributed by atoms with van der Waals surface area (Å²) in [6, 6.07) is 24.6. The number of hydrogen-bond donors (Lipinski definition) is 2. The second-order valence-electron chi connectivity index (χ2n) is 9.67. The summed E-state index contributed by atoms with van der Waals surface area (Å²) in [4.78, 5) is 19.7. The highest BCUT2D eigenvalue weighted by Crippen LogP contribution is 2.30. The van der Waals surface area contributed by atoms with Crippen molar-refractivity contribution in [2.24, 2.45) is 5.92 Å². The molecule has 1 amide bonds. The van der Waals surface area contributed by atoms with Gasteiger partial charge in [-0.2, -0.15) is 5.26 Å². The summed E-state index contributed by atoms with van der Waals surface area (Å²) in [7, 11) is 0. The van der Waals surface area contributed by atoms with Crippen LogP contribution in [-0.4, -0.2) is 49.7 Å². The molecule has 2 atom stereocenters. The van der Waals surface area contributed by atoms with Gasteiger partial charge < -0.3 is 20.3 Å². The summed E-state index contributed by atoms with van der Waals surface area (Å²) in [6.07, 6.45) is 1.06. The minimum Gasteiger partial charge on any atom is -0.369 e. The maximum Gasteiger partial charge on any atom is 0.250 e. The van der Waals surface area contributed by atoms with E-state index in [1.165, 1.54) is 5.69 Å². The van der Waals surface area contributed by atoms with E-state index in [0.717, 1.165) is 48.6 Å². The summed E-state index contributed by atoms with van der Waals surface area (Å²) < 4.78 is 6.43. The third kappa shape index (κ3) is 7.16. The molecule has 0 aliphatic carbocycles. The molecule has 7 heteroatoms. The average Bonchev–Trinajstić information content (AvgIpc) is 2.95. The molecule has 2 N–H and O–H groups in total. The third-order valence-electron chi connectivity index (χ3n) is 6.47. The number of carbonyl (C=O) groups is 1. The Morgan fingerprint density at radius 2 is 1.73 bits per heavy atom. The molecule has 2 aromatic carbocycles. The molecule has 3 aromatic rings. The van der Waals surface area contributed by atoms with Crippen molar-refractivity contribution < 1.29 is 9.53 Å². The Morgan fingerprint density at radius 1 is 1.05 bits per heavy atom.